The van der Waals surface area contributed by atoms with Crippen LogP contribution >= 0.6 is 0 Å². The molecule has 1 aliphatic heterocycles. The molecule has 166 valence electrons. The second-order valence-corrected chi connectivity index (χ2v) is 8.50. The average Bonchev–Trinajstić information content (AvgIpc) is 3.26. The lowest BCUT2D eigenvalue weighted by Gasteiger charge is -2.39. The van der Waals surface area contributed by atoms with Crippen LogP contribution in [0.25, 0.3) is 16.8 Å². The van der Waals surface area contributed by atoms with Gasteiger partial charge in [-0.25, -0.2) is 9.50 Å². The van der Waals surface area contributed by atoms with E-state index in [-0.39, 0.29) is 11.8 Å². The summed E-state index contributed by atoms with van der Waals surface area (Å²) in [6.45, 7) is 2.89. The van der Waals surface area contributed by atoms with Crippen LogP contribution in [0.5, 0.6) is 0 Å². The Hall–Kier alpha value is -4.00. The first kappa shape index (κ1) is 20.9. The molecule has 1 unspecified atom stereocenters. The number of carbonyl (C=O) groups is 2. The fraction of sp³-hybridized carbons (Fsp3) is 0.231. The molecule has 33 heavy (non-hydrogen) atoms. The molecule has 0 saturated carbocycles. The third-order valence-electron chi connectivity index (χ3n) is 6.18. The summed E-state index contributed by atoms with van der Waals surface area (Å²) in [7, 11) is 1.79. The molecule has 0 radical (unpaired) electrons. The van der Waals surface area contributed by atoms with Crippen molar-refractivity contribution in [2.45, 2.75) is 19.4 Å². The van der Waals surface area contributed by atoms with Crippen molar-refractivity contribution in [1.82, 2.24) is 24.4 Å². The van der Waals surface area contributed by atoms with Crippen molar-refractivity contribution in [3.8, 4) is 11.1 Å². The molecular formula is C26H25N5O2. The van der Waals surface area contributed by atoms with Gasteiger partial charge in [-0.3, -0.25) is 9.59 Å². The van der Waals surface area contributed by atoms with E-state index < -0.39 is 6.04 Å². The largest absolute Gasteiger partial charge is 0.342 e. The Kier molecular flexibility index (Phi) is 5.38. The number of rotatable bonds is 4. The van der Waals surface area contributed by atoms with Crippen LogP contribution in [-0.4, -0.2) is 62.4 Å². The van der Waals surface area contributed by atoms with Gasteiger partial charge in [-0.15, -0.1) is 0 Å². The number of benzene rings is 2. The maximum Gasteiger partial charge on any atom is 0.260 e. The van der Waals surface area contributed by atoms with E-state index in [0.29, 0.717) is 30.7 Å². The Morgan fingerprint density at radius 3 is 2.48 bits per heavy atom. The van der Waals surface area contributed by atoms with Gasteiger partial charge in [-0.05, 0) is 29.2 Å². The van der Waals surface area contributed by atoms with Gasteiger partial charge in [-0.2, -0.15) is 5.10 Å². The van der Waals surface area contributed by atoms with Crippen LogP contribution in [-0.2, 0) is 11.2 Å². The van der Waals surface area contributed by atoms with Gasteiger partial charge in [0.2, 0.25) is 5.91 Å². The minimum absolute atomic E-state index is 0.0537. The number of aryl methyl sites for hydroxylation is 1. The van der Waals surface area contributed by atoms with Gasteiger partial charge in [0, 0.05) is 39.0 Å². The van der Waals surface area contributed by atoms with Crippen LogP contribution < -0.4 is 0 Å². The zero-order valence-corrected chi connectivity index (χ0v) is 18.7. The van der Waals surface area contributed by atoms with Crippen molar-refractivity contribution in [2.24, 2.45) is 0 Å². The molecule has 0 bridgehead atoms. The molecule has 0 aliphatic carbocycles. The first-order valence-corrected chi connectivity index (χ1v) is 11.0. The van der Waals surface area contributed by atoms with Crippen LogP contribution in [0.3, 0.4) is 0 Å². The SMILES string of the molecule is Cc1cnc2c(C(=O)N3CCN(C)C(=O)C3Cc3ccc(-c4ccccc4)cc3)cnn2c1. The summed E-state index contributed by atoms with van der Waals surface area (Å²) >= 11 is 0. The summed E-state index contributed by atoms with van der Waals surface area (Å²) in [6.07, 6.45) is 5.54. The number of hydrogen-bond acceptors (Lipinski definition) is 4. The number of carbonyl (C=O) groups excluding carboxylic acids is 2. The number of nitrogens with zero attached hydrogens (tertiary/aromatic N) is 5. The molecule has 1 saturated heterocycles. The Labute approximate surface area is 192 Å². The van der Waals surface area contributed by atoms with Crippen LogP contribution in [0.4, 0.5) is 0 Å². The molecule has 7 heteroatoms. The Morgan fingerprint density at radius 1 is 1.00 bits per heavy atom. The van der Waals surface area contributed by atoms with Crippen molar-refractivity contribution in [2.75, 3.05) is 20.1 Å². The number of likely N-dealkylation sites (N-methyl/N-ethyl adjacent to an activating group) is 1. The predicted molar refractivity (Wildman–Crippen MR) is 126 cm³/mol. The highest BCUT2D eigenvalue weighted by Crippen LogP contribution is 2.23. The fourth-order valence-electron chi connectivity index (χ4n) is 4.31. The number of aromatic nitrogens is 3. The third kappa shape index (κ3) is 3.98. The zero-order chi connectivity index (χ0) is 22.9. The maximum atomic E-state index is 13.5. The van der Waals surface area contributed by atoms with E-state index >= 15 is 0 Å². The summed E-state index contributed by atoms with van der Waals surface area (Å²) in [5.74, 6) is -0.268. The van der Waals surface area contributed by atoms with Crippen LogP contribution in [0.1, 0.15) is 21.5 Å². The topological polar surface area (TPSA) is 70.8 Å². The third-order valence-corrected chi connectivity index (χ3v) is 6.18. The molecule has 0 N–H and O–H groups in total. The number of amides is 2. The molecule has 1 aliphatic rings. The van der Waals surface area contributed by atoms with E-state index in [9.17, 15) is 9.59 Å². The van der Waals surface area contributed by atoms with E-state index in [1.165, 1.54) is 0 Å². The van der Waals surface area contributed by atoms with Crippen LogP contribution in [0.15, 0.2) is 73.2 Å². The second-order valence-electron chi connectivity index (χ2n) is 8.50. The van der Waals surface area contributed by atoms with E-state index in [1.807, 2.05) is 43.5 Å². The highest BCUT2D eigenvalue weighted by atomic mass is 16.2. The molecule has 2 aromatic heterocycles. The van der Waals surface area contributed by atoms with Crippen molar-refractivity contribution >= 4 is 17.5 Å². The minimum Gasteiger partial charge on any atom is -0.342 e. The summed E-state index contributed by atoms with van der Waals surface area (Å²) in [6, 6.07) is 17.8. The van der Waals surface area contributed by atoms with Crippen molar-refractivity contribution < 1.29 is 9.59 Å². The molecule has 0 spiro atoms. The lowest BCUT2D eigenvalue weighted by atomic mass is 9.98. The normalized spacial score (nSPS) is 16.4. The summed E-state index contributed by atoms with van der Waals surface area (Å²) in [5.41, 5.74) is 5.14. The highest BCUT2D eigenvalue weighted by Gasteiger charge is 2.37. The van der Waals surface area contributed by atoms with Crippen molar-refractivity contribution in [1.29, 1.82) is 0 Å². The maximum absolute atomic E-state index is 13.5. The van der Waals surface area contributed by atoms with Gasteiger partial charge in [0.25, 0.3) is 5.91 Å². The standard InChI is InChI=1S/C26H25N5O2/c1-18-15-27-24-22(16-28-31(24)17-18)25(32)30-13-12-29(2)26(33)23(30)14-19-8-10-21(11-9-19)20-6-4-3-5-7-20/h3-11,15-17,23H,12-14H2,1-2H3. The minimum atomic E-state index is -0.570. The molecule has 4 aromatic rings. The second kappa shape index (κ2) is 8.50. The van der Waals surface area contributed by atoms with E-state index in [1.54, 1.807) is 33.8 Å². The van der Waals surface area contributed by atoms with Crippen LogP contribution in [0, 0.1) is 6.92 Å². The Morgan fingerprint density at radius 2 is 1.73 bits per heavy atom. The van der Waals surface area contributed by atoms with Gasteiger partial charge in [0.15, 0.2) is 5.65 Å². The first-order valence-electron chi connectivity index (χ1n) is 11.0. The molecular weight excluding hydrogens is 414 g/mol. The number of piperazine rings is 1. The average molecular weight is 440 g/mol. The fourth-order valence-corrected chi connectivity index (χ4v) is 4.31. The first-order chi connectivity index (χ1) is 16.0. The predicted octanol–water partition coefficient (Wildman–Crippen LogP) is 3.23. The molecule has 3 heterocycles. The van der Waals surface area contributed by atoms with Crippen molar-refractivity contribution in [3.05, 3.63) is 89.9 Å². The number of hydrogen-bond donors (Lipinski definition) is 0. The summed E-state index contributed by atoms with van der Waals surface area (Å²) < 4.78 is 1.61. The van der Waals surface area contributed by atoms with E-state index in [0.717, 1.165) is 22.3 Å². The van der Waals surface area contributed by atoms with Gasteiger partial charge < -0.3 is 9.80 Å². The van der Waals surface area contributed by atoms with Gasteiger partial charge in [0.05, 0.1) is 6.20 Å². The van der Waals surface area contributed by atoms with E-state index in [4.69, 9.17) is 0 Å². The highest BCUT2D eigenvalue weighted by molar-refractivity contribution is 6.02. The molecule has 1 fully saturated rings. The lowest BCUT2D eigenvalue weighted by Crippen LogP contribution is -2.58. The monoisotopic (exact) mass is 439 g/mol. The lowest BCUT2D eigenvalue weighted by molar-refractivity contribution is -0.138. The van der Waals surface area contributed by atoms with Gasteiger partial charge in [0.1, 0.15) is 11.6 Å². The Bertz CT molecular complexity index is 1310. The molecule has 5 rings (SSSR count). The van der Waals surface area contributed by atoms with E-state index in [2.05, 4.69) is 34.3 Å². The summed E-state index contributed by atoms with van der Waals surface area (Å²) in [5, 5.41) is 4.29. The van der Waals surface area contributed by atoms with Crippen molar-refractivity contribution in [3.63, 3.8) is 0 Å². The summed E-state index contributed by atoms with van der Waals surface area (Å²) in [4.78, 5) is 34.4. The Balaban J connectivity index is 1.42. The molecule has 2 aromatic carbocycles. The molecule has 2 amide bonds. The quantitative estimate of drug-likeness (QED) is 0.490. The van der Waals surface area contributed by atoms with Gasteiger partial charge >= 0.3 is 0 Å². The molecule has 7 nitrogen and oxygen atoms in total. The number of fused-ring (bicyclic) bond motifs is 1. The van der Waals surface area contributed by atoms with Gasteiger partial charge in [-0.1, -0.05) is 54.6 Å². The van der Waals surface area contributed by atoms with Crippen LogP contribution in [0.2, 0.25) is 0 Å². The zero-order valence-electron chi connectivity index (χ0n) is 18.7. The molecule has 1 atom stereocenters. The smallest absolute Gasteiger partial charge is 0.260 e.